The van der Waals surface area contributed by atoms with Crippen molar-refractivity contribution in [3.8, 4) is 0 Å². The molecule has 4 nitrogen and oxygen atoms in total. The van der Waals surface area contributed by atoms with E-state index in [0.29, 0.717) is 24.8 Å². The van der Waals surface area contributed by atoms with Gasteiger partial charge in [0.15, 0.2) is 0 Å². The summed E-state index contributed by atoms with van der Waals surface area (Å²) >= 11 is 5.80. The number of carbonyl (C=O) groups excluding carboxylic acids is 1. The molecular weight excluding hydrogens is 254 g/mol. The Morgan fingerprint density at radius 2 is 1.94 bits per heavy atom. The molecule has 1 aromatic rings. The number of rotatable bonds is 7. The van der Waals surface area contributed by atoms with Gasteiger partial charge < -0.3 is 14.4 Å². The van der Waals surface area contributed by atoms with Crippen molar-refractivity contribution in [3.05, 3.63) is 34.9 Å². The maximum atomic E-state index is 11.7. The van der Waals surface area contributed by atoms with Crippen molar-refractivity contribution >= 4 is 17.5 Å². The Morgan fingerprint density at radius 3 is 2.56 bits per heavy atom. The third-order valence-electron chi connectivity index (χ3n) is 2.42. The minimum absolute atomic E-state index is 0.0546. The van der Waals surface area contributed by atoms with Crippen LogP contribution in [0.4, 0.5) is 0 Å². The van der Waals surface area contributed by atoms with Crippen molar-refractivity contribution in [2.45, 2.75) is 6.54 Å². The van der Waals surface area contributed by atoms with Crippen molar-refractivity contribution in [2.24, 2.45) is 0 Å². The first-order valence-corrected chi connectivity index (χ1v) is 6.06. The summed E-state index contributed by atoms with van der Waals surface area (Å²) in [6, 6.07) is 7.42. The summed E-state index contributed by atoms with van der Waals surface area (Å²) in [6.07, 6.45) is 0. The molecule has 1 aromatic carbocycles. The molecule has 18 heavy (non-hydrogen) atoms. The van der Waals surface area contributed by atoms with Crippen molar-refractivity contribution in [3.63, 3.8) is 0 Å². The molecule has 1 amide bonds. The molecule has 0 aliphatic heterocycles. The van der Waals surface area contributed by atoms with Crippen LogP contribution in [0.2, 0.25) is 5.02 Å². The maximum Gasteiger partial charge on any atom is 0.248 e. The summed E-state index contributed by atoms with van der Waals surface area (Å²) in [5, 5.41) is 0.690. The van der Waals surface area contributed by atoms with E-state index in [9.17, 15) is 4.79 Å². The van der Waals surface area contributed by atoms with Gasteiger partial charge in [-0.05, 0) is 17.7 Å². The molecule has 0 heterocycles. The van der Waals surface area contributed by atoms with Crippen LogP contribution in [0.5, 0.6) is 0 Å². The lowest BCUT2D eigenvalue weighted by atomic mass is 10.2. The Labute approximate surface area is 112 Å². The number of methoxy groups -OCH3 is 1. The van der Waals surface area contributed by atoms with E-state index in [2.05, 4.69) is 0 Å². The van der Waals surface area contributed by atoms with Gasteiger partial charge in [0.05, 0.1) is 13.2 Å². The summed E-state index contributed by atoms with van der Waals surface area (Å²) in [5.41, 5.74) is 1.03. The van der Waals surface area contributed by atoms with Crippen molar-refractivity contribution in [1.82, 2.24) is 4.90 Å². The van der Waals surface area contributed by atoms with Gasteiger partial charge in [0.2, 0.25) is 5.91 Å². The SMILES string of the molecule is COCCOCC(=O)N(C)Cc1ccc(Cl)cc1. The Morgan fingerprint density at radius 1 is 1.28 bits per heavy atom. The Kier molecular flexibility index (Phi) is 6.72. The fraction of sp³-hybridized carbons (Fsp3) is 0.462. The molecule has 0 atom stereocenters. The van der Waals surface area contributed by atoms with Crippen LogP contribution in [-0.4, -0.2) is 44.8 Å². The molecular formula is C13H18ClNO3. The highest BCUT2D eigenvalue weighted by Crippen LogP contribution is 2.10. The molecule has 1 rings (SSSR count). The van der Waals surface area contributed by atoms with Gasteiger partial charge in [-0.15, -0.1) is 0 Å². The Balaban J connectivity index is 2.33. The van der Waals surface area contributed by atoms with Gasteiger partial charge in [0.25, 0.3) is 0 Å². The topological polar surface area (TPSA) is 38.8 Å². The third-order valence-corrected chi connectivity index (χ3v) is 2.67. The van der Waals surface area contributed by atoms with E-state index >= 15 is 0 Å². The summed E-state index contributed by atoms with van der Waals surface area (Å²) in [4.78, 5) is 13.3. The van der Waals surface area contributed by atoms with Gasteiger partial charge in [-0.25, -0.2) is 0 Å². The molecule has 0 spiro atoms. The summed E-state index contributed by atoms with van der Waals surface area (Å²) in [5.74, 6) is -0.0546. The van der Waals surface area contributed by atoms with E-state index in [4.69, 9.17) is 21.1 Å². The normalized spacial score (nSPS) is 10.4. The van der Waals surface area contributed by atoms with Crippen LogP contribution in [-0.2, 0) is 20.8 Å². The lowest BCUT2D eigenvalue weighted by molar-refractivity contribution is -0.135. The Bertz CT molecular complexity index is 367. The first-order chi connectivity index (χ1) is 8.63. The smallest absolute Gasteiger partial charge is 0.248 e. The van der Waals surface area contributed by atoms with E-state index in [1.807, 2.05) is 24.3 Å². The third kappa shape index (κ3) is 5.49. The van der Waals surface area contributed by atoms with E-state index < -0.39 is 0 Å². The number of halogens is 1. The summed E-state index contributed by atoms with van der Waals surface area (Å²) in [6.45, 7) is 1.54. The highest BCUT2D eigenvalue weighted by molar-refractivity contribution is 6.30. The molecule has 5 heteroatoms. The molecule has 0 saturated heterocycles. The number of ether oxygens (including phenoxy) is 2. The minimum Gasteiger partial charge on any atom is -0.382 e. The second-order valence-corrected chi connectivity index (χ2v) is 4.36. The molecule has 0 fully saturated rings. The lowest BCUT2D eigenvalue weighted by Gasteiger charge is -2.17. The van der Waals surface area contributed by atoms with Gasteiger partial charge in [0.1, 0.15) is 6.61 Å². The van der Waals surface area contributed by atoms with Crippen molar-refractivity contribution < 1.29 is 14.3 Å². The molecule has 0 unspecified atom stereocenters. The van der Waals surface area contributed by atoms with Crippen LogP contribution in [0.1, 0.15) is 5.56 Å². The molecule has 0 aliphatic carbocycles. The van der Waals surface area contributed by atoms with Crippen molar-refractivity contribution in [2.75, 3.05) is 34.0 Å². The minimum atomic E-state index is -0.0546. The van der Waals surface area contributed by atoms with E-state index in [-0.39, 0.29) is 12.5 Å². The van der Waals surface area contributed by atoms with E-state index in [1.165, 1.54) is 0 Å². The second-order valence-electron chi connectivity index (χ2n) is 3.92. The average Bonchev–Trinajstić information content (AvgIpc) is 2.37. The fourth-order valence-electron chi connectivity index (χ4n) is 1.36. The molecule has 0 aromatic heterocycles. The number of nitrogens with zero attached hydrogens (tertiary/aromatic N) is 1. The van der Waals surface area contributed by atoms with Crippen LogP contribution < -0.4 is 0 Å². The largest absolute Gasteiger partial charge is 0.382 e. The average molecular weight is 272 g/mol. The van der Waals surface area contributed by atoms with Gasteiger partial charge >= 0.3 is 0 Å². The number of benzene rings is 1. The van der Waals surface area contributed by atoms with Crippen LogP contribution in [0.25, 0.3) is 0 Å². The number of hydrogen-bond donors (Lipinski definition) is 0. The fourth-order valence-corrected chi connectivity index (χ4v) is 1.49. The molecule has 0 N–H and O–H groups in total. The zero-order valence-corrected chi connectivity index (χ0v) is 11.4. The first kappa shape index (κ1) is 15.0. The number of amides is 1. The van der Waals surface area contributed by atoms with E-state index in [1.54, 1.807) is 19.1 Å². The molecule has 0 radical (unpaired) electrons. The molecule has 0 aliphatic rings. The Hall–Kier alpha value is -1.10. The van der Waals surface area contributed by atoms with Gasteiger partial charge in [-0.1, -0.05) is 23.7 Å². The quantitative estimate of drug-likeness (QED) is 0.712. The zero-order chi connectivity index (χ0) is 13.4. The number of likely N-dealkylation sites (N-methyl/N-ethyl adjacent to an activating group) is 1. The standard InChI is InChI=1S/C13H18ClNO3/c1-15(13(16)10-18-8-7-17-2)9-11-3-5-12(14)6-4-11/h3-6H,7-10H2,1-2H3. The van der Waals surface area contributed by atoms with Crippen LogP contribution >= 0.6 is 11.6 Å². The summed E-state index contributed by atoms with van der Waals surface area (Å²) < 4.78 is 10.0. The predicted molar refractivity (Wildman–Crippen MR) is 70.6 cm³/mol. The van der Waals surface area contributed by atoms with E-state index in [0.717, 1.165) is 5.56 Å². The highest BCUT2D eigenvalue weighted by Gasteiger charge is 2.09. The zero-order valence-electron chi connectivity index (χ0n) is 10.7. The van der Waals surface area contributed by atoms with Gasteiger partial charge in [-0.2, -0.15) is 0 Å². The lowest BCUT2D eigenvalue weighted by Crippen LogP contribution is -2.30. The first-order valence-electron chi connectivity index (χ1n) is 5.68. The van der Waals surface area contributed by atoms with Crippen LogP contribution in [0.3, 0.4) is 0 Å². The number of carbonyl (C=O) groups is 1. The maximum absolute atomic E-state index is 11.7. The second kappa shape index (κ2) is 8.08. The van der Waals surface area contributed by atoms with Gasteiger partial charge in [-0.3, -0.25) is 4.79 Å². The van der Waals surface area contributed by atoms with Crippen LogP contribution in [0.15, 0.2) is 24.3 Å². The monoisotopic (exact) mass is 271 g/mol. The molecule has 0 bridgehead atoms. The predicted octanol–water partition coefficient (Wildman–Crippen LogP) is 1.96. The van der Waals surface area contributed by atoms with Crippen molar-refractivity contribution in [1.29, 1.82) is 0 Å². The van der Waals surface area contributed by atoms with Gasteiger partial charge in [0, 0.05) is 25.7 Å². The molecule has 0 saturated carbocycles. The highest BCUT2D eigenvalue weighted by atomic mass is 35.5. The summed E-state index contributed by atoms with van der Waals surface area (Å²) in [7, 11) is 3.34. The molecule has 100 valence electrons. The van der Waals surface area contributed by atoms with Crippen LogP contribution in [0, 0.1) is 0 Å². The number of hydrogen-bond acceptors (Lipinski definition) is 3.